The minimum atomic E-state index is -4.47. The molecule has 0 fully saturated rings. The molecule has 3 aromatic carbocycles. The van der Waals surface area contributed by atoms with Crippen LogP contribution in [-0.4, -0.2) is 16.2 Å². The Hall–Kier alpha value is -3.94. The van der Waals surface area contributed by atoms with Crippen molar-refractivity contribution in [3.8, 4) is 28.3 Å². The average molecular weight is 438 g/mol. The summed E-state index contributed by atoms with van der Waals surface area (Å²) in [5, 5.41) is 7.58. The molecule has 0 aliphatic heterocycles. The minimum Gasteiger partial charge on any atom is -0.427 e. The van der Waals surface area contributed by atoms with E-state index in [9.17, 15) is 18.0 Å². The number of aryl methyl sites for hydroxylation is 1. The lowest BCUT2D eigenvalue weighted by Gasteiger charge is -2.06. The lowest BCUT2D eigenvalue weighted by atomic mass is 10.1. The van der Waals surface area contributed by atoms with Gasteiger partial charge in [0.25, 0.3) is 0 Å². The second-order valence-corrected chi connectivity index (χ2v) is 6.94. The Balaban J connectivity index is 1.34. The molecule has 0 N–H and O–H groups in total. The third kappa shape index (κ3) is 5.21. The SMILES string of the molecule is O=C(CCc1nnc(-c2cccc(C(F)(F)F)c2)o1)Oc1ccc(-c2ccccc2)cc1. The number of hydrogen-bond donors (Lipinski definition) is 0. The second kappa shape index (κ2) is 9.05. The third-order valence-electron chi connectivity index (χ3n) is 4.64. The predicted molar refractivity (Wildman–Crippen MR) is 111 cm³/mol. The molecule has 5 nitrogen and oxygen atoms in total. The van der Waals surface area contributed by atoms with Crippen LogP contribution in [-0.2, 0) is 17.4 Å². The first-order chi connectivity index (χ1) is 15.4. The monoisotopic (exact) mass is 438 g/mol. The first kappa shape index (κ1) is 21.3. The van der Waals surface area contributed by atoms with Crippen LogP contribution in [0.25, 0.3) is 22.6 Å². The number of ether oxygens (including phenoxy) is 1. The fraction of sp³-hybridized carbons (Fsp3) is 0.125. The topological polar surface area (TPSA) is 65.2 Å². The summed E-state index contributed by atoms with van der Waals surface area (Å²) >= 11 is 0. The molecule has 0 radical (unpaired) electrons. The van der Waals surface area contributed by atoms with Crippen molar-refractivity contribution in [3.05, 3.63) is 90.3 Å². The number of carbonyl (C=O) groups excluding carboxylic acids is 1. The summed E-state index contributed by atoms with van der Waals surface area (Å²) in [5.74, 6) is 0.00546. The van der Waals surface area contributed by atoms with Crippen molar-refractivity contribution in [1.29, 1.82) is 0 Å². The summed E-state index contributed by atoms with van der Waals surface area (Å²) < 4.78 is 49.3. The number of carbonyl (C=O) groups is 1. The van der Waals surface area contributed by atoms with Crippen molar-refractivity contribution in [3.63, 3.8) is 0 Å². The molecule has 4 rings (SSSR count). The Morgan fingerprint density at radius 1 is 0.844 bits per heavy atom. The Bertz CT molecular complexity index is 1200. The molecule has 8 heteroatoms. The smallest absolute Gasteiger partial charge is 0.416 e. The normalized spacial score (nSPS) is 11.3. The molecule has 0 aliphatic carbocycles. The number of rotatable bonds is 6. The zero-order valence-electron chi connectivity index (χ0n) is 16.7. The summed E-state index contributed by atoms with van der Waals surface area (Å²) in [6.07, 6.45) is -4.39. The second-order valence-electron chi connectivity index (χ2n) is 6.94. The van der Waals surface area contributed by atoms with Crippen LogP contribution in [0, 0.1) is 0 Å². The molecular weight excluding hydrogens is 421 g/mol. The zero-order chi connectivity index (χ0) is 22.6. The molecule has 0 amide bonds. The number of nitrogens with zero attached hydrogens (tertiary/aromatic N) is 2. The van der Waals surface area contributed by atoms with E-state index in [0.717, 1.165) is 23.3 Å². The molecule has 0 atom stereocenters. The Labute approximate surface area is 181 Å². The van der Waals surface area contributed by atoms with E-state index in [0.29, 0.717) is 5.75 Å². The van der Waals surface area contributed by atoms with Crippen LogP contribution in [0.15, 0.2) is 83.3 Å². The van der Waals surface area contributed by atoms with Crippen LogP contribution in [0.1, 0.15) is 17.9 Å². The van der Waals surface area contributed by atoms with Crippen molar-refractivity contribution in [2.75, 3.05) is 0 Å². The molecule has 4 aromatic rings. The van der Waals surface area contributed by atoms with Gasteiger partial charge in [0, 0.05) is 12.0 Å². The zero-order valence-corrected chi connectivity index (χ0v) is 16.7. The highest BCUT2D eigenvalue weighted by Gasteiger charge is 2.30. The molecule has 162 valence electrons. The number of aromatic nitrogens is 2. The molecule has 0 spiro atoms. The number of hydrogen-bond acceptors (Lipinski definition) is 5. The largest absolute Gasteiger partial charge is 0.427 e. The fourth-order valence-electron chi connectivity index (χ4n) is 3.04. The summed E-state index contributed by atoms with van der Waals surface area (Å²) in [4.78, 5) is 12.1. The first-order valence-corrected chi connectivity index (χ1v) is 9.75. The van der Waals surface area contributed by atoms with E-state index in [2.05, 4.69) is 10.2 Å². The van der Waals surface area contributed by atoms with E-state index >= 15 is 0 Å². The van der Waals surface area contributed by atoms with E-state index in [1.165, 1.54) is 12.1 Å². The Kier molecular flexibility index (Phi) is 6.02. The van der Waals surface area contributed by atoms with E-state index in [1.54, 1.807) is 12.1 Å². The fourth-order valence-corrected chi connectivity index (χ4v) is 3.04. The summed E-state index contributed by atoms with van der Waals surface area (Å²) in [7, 11) is 0. The van der Waals surface area contributed by atoms with Gasteiger partial charge in [-0.15, -0.1) is 10.2 Å². The van der Waals surface area contributed by atoms with Crippen molar-refractivity contribution < 1.29 is 27.1 Å². The predicted octanol–water partition coefficient (Wildman–Crippen LogP) is 5.96. The van der Waals surface area contributed by atoms with Gasteiger partial charge in [-0.1, -0.05) is 48.5 Å². The Morgan fingerprint density at radius 2 is 1.53 bits per heavy atom. The number of esters is 1. The number of halogens is 3. The van der Waals surface area contributed by atoms with Crippen LogP contribution in [0.2, 0.25) is 0 Å². The summed E-state index contributed by atoms with van der Waals surface area (Å²) in [5.41, 5.74) is 1.40. The van der Waals surface area contributed by atoms with Gasteiger partial charge in [-0.25, -0.2) is 0 Å². The van der Waals surface area contributed by atoms with Crippen LogP contribution in [0.5, 0.6) is 5.75 Å². The van der Waals surface area contributed by atoms with Crippen molar-refractivity contribution in [1.82, 2.24) is 10.2 Å². The van der Waals surface area contributed by atoms with E-state index in [-0.39, 0.29) is 30.2 Å². The maximum atomic E-state index is 12.9. The highest BCUT2D eigenvalue weighted by atomic mass is 19.4. The molecule has 0 saturated carbocycles. The molecule has 0 saturated heterocycles. The average Bonchev–Trinajstić information content (AvgIpc) is 3.28. The van der Waals surface area contributed by atoms with E-state index < -0.39 is 17.7 Å². The van der Waals surface area contributed by atoms with Gasteiger partial charge in [0.2, 0.25) is 11.8 Å². The Morgan fingerprint density at radius 3 is 2.25 bits per heavy atom. The third-order valence-corrected chi connectivity index (χ3v) is 4.64. The highest BCUT2D eigenvalue weighted by molar-refractivity contribution is 5.73. The maximum Gasteiger partial charge on any atom is 0.416 e. The minimum absolute atomic E-state index is 0.0232. The molecular formula is C24H17F3N2O3. The van der Waals surface area contributed by atoms with Crippen LogP contribution < -0.4 is 4.74 Å². The number of benzene rings is 3. The summed E-state index contributed by atoms with van der Waals surface area (Å²) in [6, 6.07) is 21.5. The first-order valence-electron chi connectivity index (χ1n) is 9.75. The van der Waals surface area contributed by atoms with E-state index in [1.807, 2.05) is 42.5 Å². The molecule has 0 bridgehead atoms. The van der Waals surface area contributed by atoms with Crippen LogP contribution in [0.3, 0.4) is 0 Å². The lowest BCUT2D eigenvalue weighted by Crippen LogP contribution is -2.09. The molecule has 0 aliphatic rings. The van der Waals surface area contributed by atoms with Crippen LogP contribution in [0.4, 0.5) is 13.2 Å². The summed E-state index contributed by atoms with van der Waals surface area (Å²) in [6.45, 7) is 0. The van der Waals surface area contributed by atoms with Gasteiger partial charge in [-0.05, 0) is 41.5 Å². The van der Waals surface area contributed by atoms with Gasteiger partial charge in [-0.3, -0.25) is 4.79 Å². The lowest BCUT2D eigenvalue weighted by molar-refractivity contribution is -0.137. The van der Waals surface area contributed by atoms with Crippen molar-refractivity contribution in [2.24, 2.45) is 0 Å². The standard InChI is InChI=1S/C24H17F3N2O3/c25-24(26,27)19-8-4-7-18(15-19)23-29-28-21(32-23)13-14-22(30)31-20-11-9-17(10-12-20)16-5-2-1-3-6-16/h1-12,15H,13-14H2. The highest BCUT2D eigenvalue weighted by Crippen LogP contribution is 2.32. The van der Waals surface area contributed by atoms with Gasteiger partial charge in [-0.2, -0.15) is 13.2 Å². The van der Waals surface area contributed by atoms with Gasteiger partial charge in [0.15, 0.2) is 0 Å². The van der Waals surface area contributed by atoms with Gasteiger partial charge in [0.05, 0.1) is 12.0 Å². The van der Waals surface area contributed by atoms with E-state index in [4.69, 9.17) is 9.15 Å². The van der Waals surface area contributed by atoms with Crippen molar-refractivity contribution >= 4 is 5.97 Å². The maximum absolute atomic E-state index is 12.9. The molecule has 1 heterocycles. The van der Waals surface area contributed by atoms with Gasteiger partial charge >= 0.3 is 12.1 Å². The molecule has 0 unspecified atom stereocenters. The quantitative estimate of drug-likeness (QED) is 0.275. The molecule has 32 heavy (non-hydrogen) atoms. The van der Waals surface area contributed by atoms with Crippen LogP contribution >= 0.6 is 0 Å². The van der Waals surface area contributed by atoms with Gasteiger partial charge < -0.3 is 9.15 Å². The van der Waals surface area contributed by atoms with Crippen molar-refractivity contribution in [2.45, 2.75) is 19.0 Å². The molecule has 1 aromatic heterocycles. The number of alkyl halides is 3. The van der Waals surface area contributed by atoms with Gasteiger partial charge in [0.1, 0.15) is 5.75 Å².